The van der Waals surface area contributed by atoms with Crippen molar-refractivity contribution in [2.45, 2.75) is 19.0 Å². The molecule has 1 unspecified atom stereocenters. The molecule has 144 valence electrons. The third-order valence-electron chi connectivity index (χ3n) is 4.64. The zero-order valence-corrected chi connectivity index (χ0v) is 17.0. The quantitative estimate of drug-likeness (QED) is 0.476. The van der Waals surface area contributed by atoms with Gasteiger partial charge in [0.2, 0.25) is 0 Å². The molecule has 1 fully saturated rings. The van der Waals surface area contributed by atoms with Gasteiger partial charge in [0.1, 0.15) is 0 Å². The molecule has 1 aliphatic rings. The normalized spacial score (nSPS) is 18.2. The highest BCUT2D eigenvalue weighted by molar-refractivity contribution is 4.76. The van der Waals surface area contributed by atoms with Gasteiger partial charge in [-0.15, -0.1) is 0 Å². The highest BCUT2D eigenvalue weighted by atomic mass is 16.5. The Morgan fingerprint density at radius 3 is 1.71 bits per heavy atom. The lowest BCUT2D eigenvalue weighted by Crippen LogP contribution is -2.54. The van der Waals surface area contributed by atoms with Gasteiger partial charge in [0.15, 0.2) is 0 Å². The van der Waals surface area contributed by atoms with Gasteiger partial charge in [0.25, 0.3) is 0 Å². The van der Waals surface area contributed by atoms with Gasteiger partial charge in [-0.25, -0.2) is 0 Å². The number of ether oxygens (including phenoxy) is 1. The van der Waals surface area contributed by atoms with E-state index in [0.29, 0.717) is 6.17 Å². The standard InChI is InChI=1S/C18H41N5O/c1-19(2)9-7-11-23(12-8-10-20(3)4)18(21(5)6)17-22-13-15-24-16-14-22/h18H,7-17H2,1-6H3. The Hall–Kier alpha value is -0.240. The second kappa shape index (κ2) is 12.2. The van der Waals surface area contributed by atoms with Gasteiger partial charge in [-0.2, -0.15) is 0 Å². The first-order valence-electron chi connectivity index (χ1n) is 9.40. The van der Waals surface area contributed by atoms with Crippen LogP contribution in [-0.2, 0) is 4.74 Å². The molecule has 24 heavy (non-hydrogen) atoms. The third-order valence-corrected chi connectivity index (χ3v) is 4.64. The molecule has 6 nitrogen and oxygen atoms in total. The molecule has 0 amide bonds. The highest BCUT2D eigenvalue weighted by Gasteiger charge is 2.24. The van der Waals surface area contributed by atoms with Gasteiger partial charge >= 0.3 is 0 Å². The molecule has 1 aliphatic heterocycles. The lowest BCUT2D eigenvalue weighted by atomic mass is 10.2. The van der Waals surface area contributed by atoms with Gasteiger partial charge < -0.3 is 14.5 Å². The van der Waals surface area contributed by atoms with E-state index < -0.39 is 0 Å². The molecule has 1 rings (SSSR count). The van der Waals surface area contributed by atoms with Gasteiger partial charge in [-0.3, -0.25) is 14.7 Å². The smallest absolute Gasteiger partial charge is 0.0748 e. The van der Waals surface area contributed by atoms with E-state index in [1.165, 1.54) is 25.9 Å². The van der Waals surface area contributed by atoms with E-state index in [9.17, 15) is 0 Å². The summed E-state index contributed by atoms with van der Waals surface area (Å²) in [5.41, 5.74) is 0. The van der Waals surface area contributed by atoms with Crippen LogP contribution in [0.2, 0.25) is 0 Å². The predicted molar refractivity (Wildman–Crippen MR) is 103 cm³/mol. The van der Waals surface area contributed by atoms with Crippen LogP contribution in [0.1, 0.15) is 12.8 Å². The second-order valence-corrected chi connectivity index (χ2v) is 7.71. The Labute approximate surface area is 150 Å². The fourth-order valence-electron chi connectivity index (χ4n) is 3.21. The molecule has 0 aromatic rings. The van der Waals surface area contributed by atoms with Crippen molar-refractivity contribution in [3.63, 3.8) is 0 Å². The number of likely N-dealkylation sites (N-methyl/N-ethyl adjacent to an activating group) is 1. The van der Waals surface area contributed by atoms with Crippen molar-refractivity contribution in [3.05, 3.63) is 0 Å². The Balaban J connectivity index is 2.60. The summed E-state index contributed by atoms with van der Waals surface area (Å²) in [6.45, 7) is 9.63. The van der Waals surface area contributed by atoms with E-state index in [1.807, 2.05) is 0 Å². The second-order valence-electron chi connectivity index (χ2n) is 7.71. The van der Waals surface area contributed by atoms with Crippen LogP contribution in [0.3, 0.4) is 0 Å². The van der Waals surface area contributed by atoms with Crippen LogP contribution in [0.25, 0.3) is 0 Å². The molecule has 1 heterocycles. The van der Waals surface area contributed by atoms with E-state index in [2.05, 4.69) is 66.8 Å². The number of hydrogen-bond acceptors (Lipinski definition) is 6. The van der Waals surface area contributed by atoms with Crippen molar-refractivity contribution < 1.29 is 4.74 Å². The van der Waals surface area contributed by atoms with E-state index in [4.69, 9.17) is 4.74 Å². The first-order chi connectivity index (χ1) is 11.4. The maximum atomic E-state index is 5.50. The minimum absolute atomic E-state index is 0.479. The molecule has 0 aliphatic carbocycles. The van der Waals surface area contributed by atoms with Crippen LogP contribution < -0.4 is 0 Å². The van der Waals surface area contributed by atoms with Gasteiger partial charge in [-0.1, -0.05) is 0 Å². The summed E-state index contributed by atoms with van der Waals surface area (Å²) in [5, 5.41) is 0. The van der Waals surface area contributed by atoms with Crippen molar-refractivity contribution >= 4 is 0 Å². The fourth-order valence-corrected chi connectivity index (χ4v) is 3.21. The largest absolute Gasteiger partial charge is 0.379 e. The SMILES string of the molecule is CN(C)CCCN(CCCN(C)C)C(CN1CCOCC1)N(C)C. The Bertz CT molecular complexity index is 292. The van der Waals surface area contributed by atoms with Crippen LogP contribution in [0.15, 0.2) is 0 Å². The number of nitrogens with zero attached hydrogens (tertiary/aromatic N) is 5. The summed E-state index contributed by atoms with van der Waals surface area (Å²) >= 11 is 0. The zero-order valence-electron chi connectivity index (χ0n) is 17.0. The molecule has 0 aromatic heterocycles. The van der Waals surface area contributed by atoms with Crippen LogP contribution in [0.5, 0.6) is 0 Å². The summed E-state index contributed by atoms with van der Waals surface area (Å²) in [6, 6.07) is 0. The van der Waals surface area contributed by atoms with Gasteiger partial charge in [-0.05, 0) is 68.2 Å². The maximum absolute atomic E-state index is 5.50. The Kier molecular flexibility index (Phi) is 11.1. The van der Waals surface area contributed by atoms with E-state index in [-0.39, 0.29) is 0 Å². The Morgan fingerprint density at radius 1 is 0.792 bits per heavy atom. The average molecular weight is 344 g/mol. The number of hydrogen-bond donors (Lipinski definition) is 0. The first-order valence-corrected chi connectivity index (χ1v) is 9.40. The topological polar surface area (TPSA) is 25.4 Å². The molecule has 0 N–H and O–H groups in total. The fraction of sp³-hybridized carbons (Fsp3) is 1.00. The summed E-state index contributed by atoms with van der Waals surface area (Å²) < 4.78 is 5.50. The monoisotopic (exact) mass is 343 g/mol. The molecule has 0 aromatic carbocycles. The van der Waals surface area contributed by atoms with Crippen molar-refractivity contribution in [1.82, 2.24) is 24.5 Å². The third kappa shape index (κ3) is 9.30. The van der Waals surface area contributed by atoms with Crippen LogP contribution in [0, 0.1) is 0 Å². The molecule has 0 radical (unpaired) electrons. The summed E-state index contributed by atoms with van der Waals surface area (Å²) in [6.07, 6.45) is 2.93. The molecule has 0 saturated carbocycles. The predicted octanol–water partition coefficient (Wildman–Crippen LogP) is 0.412. The van der Waals surface area contributed by atoms with E-state index in [1.54, 1.807) is 0 Å². The van der Waals surface area contributed by atoms with Crippen LogP contribution >= 0.6 is 0 Å². The first kappa shape index (κ1) is 21.8. The average Bonchev–Trinajstić information content (AvgIpc) is 2.51. The van der Waals surface area contributed by atoms with Crippen molar-refractivity contribution in [1.29, 1.82) is 0 Å². The summed E-state index contributed by atoms with van der Waals surface area (Å²) in [4.78, 5) is 12.2. The van der Waals surface area contributed by atoms with Gasteiger partial charge in [0.05, 0.1) is 19.4 Å². The van der Waals surface area contributed by atoms with Crippen molar-refractivity contribution in [2.24, 2.45) is 0 Å². The minimum atomic E-state index is 0.479. The van der Waals surface area contributed by atoms with Crippen molar-refractivity contribution in [2.75, 3.05) is 101 Å². The van der Waals surface area contributed by atoms with E-state index >= 15 is 0 Å². The molecule has 1 saturated heterocycles. The number of rotatable bonds is 12. The van der Waals surface area contributed by atoms with Gasteiger partial charge in [0, 0.05) is 32.7 Å². The lowest BCUT2D eigenvalue weighted by Gasteiger charge is -2.40. The molecule has 6 heteroatoms. The van der Waals surface area contributed by atoms with Crippen molar-refractivity contribution in [3.8, 4) is 0 Å². The zero-order chi connectivity index (χ0) is 17.9. The van der Waals surface area contributed by atoms with Crippen LogP contribution in [0.4, 0.5) is 0 Å². The lowest BCUT2D eigenvalue weighted by molar-refractivity contribution is -0.00624. The Morgan fingerprint density at radius 2 is 1.29 bits per heavy atom. The molecule has 0 spiro atoms. The molecule has 0 bridgehead atoms. The molecular weight excluding hydrogens is 302 g/mol. The summed E-state index contributed by atoms with van der Waals surface area (Å²) in [7, 11) is 13.1. The van der Waals surface area contributed by atoms with Crippen LogP contribution in [-0.4, -0.2) is 132 Å². The molecule has 1 atom stereocenters. The maximum Gasteiger partial charge on any atom is 0.0748 e. The van der Waals surface area contributed by atoms with E-state index in [0.717, 1.165) is 45.9 Å². The number of morpholine rings is 1. The molecular formula is C18H41N5O. The minimum Gasteiger partial charge on any atom is -0.379 e. The highest BCUT2D eigenvalue weighted by Crippen LogP contribution is 2.10. The summed E-state index contributed by atoms with van der Waals surface area (Å²) in [5.74, 6) is 0.